The summed E-state index contributed by atoms with van der Waals surface area (Å²) < 4.78 is 1.42. The molecule has 0 unspecified atom stereocenters. The molecule has 0 aliphatic rings. The fourth-order valence-corrected chi connectivity index (χ4v) is 1.46. The van der Waals surface area contributed by atoms with E-state index >= 15 is 0 Å². The van der Waals surface area contributed by atoms with Crippen LogP contribution in [0.3, 0.4) is 0 Å². The summed E-state index contributed by atoms with van der Waals surface area (Å²) in [7, 11) is 3.10. The third-order valence-corrected chi connectivity index (χ3v) is 2.34. The molecule has 0 fully saturated rings. The van der Waals surface area contributed by atoms with Crippen molar-refractivity contribution in [1.82, 2.24) is 9.88 Å². The Balaban J connectivity index is 0.00000225. The minimum absolute atomic E-state index is 0. The first-order valence-corrected chi connectivity index (χ1v) is 4.59. The smallest absolute Gasteiger partial charge is 0.244 e. The van der Waals surface area contributed by atoms with E-state index in [1.807, 2.05) is 0 Å². The van der Waals surface area contributed by atoms with Crippen molar-refractivity contribution in [2.75, 3.05) is 7.05 Å². The second-order valence-electron chi connectivity index (χ2n) is 3.22. The molecule has 0 aromatic carbocycles. The molecule has 16 heavy (non-hydrogen) atoms. The first kappa shape index (κ1) is 15.4. The SMILES string of the molecule is [CH2-]Cc1c([CH2-])cc(C(=O)NC)c(=O)n1C.[Y]. The summed E-state index contributed by atoms with van der Waals surface area (Å²) >= 11 is 0. The summed E-state index contributed by atoms with van der Waals surface area (Å²) in [5, 5.41) is 2.42. The first-order chi connectivity index (χ1) is 7.02. The molecule has 0 saturated carbocycles. The second kappa shape index (κ2) is 6.21. The topological polar surface area (TPSA) is 51.1 Å². The van der Waals surface area contributed by atoms with Gasteiger partial charge in [-0.3, -0.25) is 9.59 Å². The molecule has 0 aliphatic carbocycles. The van der Waals surface area contributed by atoms with Gasteiger partial charge in [0.15, 0.2) is 0 Å². The van der Waals surface area contributed by atoms with Crippen LogP contribution in [0.15, 0.2) is 10.9 Å². The number of rotatable bonds is 2. The molecule has 85 valence electrons. The van der Waals surface area contributed by atoms with Crippen molar-refractivity contribution < 1.29 is 37.5 Å². The van der Waals surface area contributed by atoms with Crippen molar-refractivity contribution in [3.8, 4) is 0 Å². The van der Waals surface area contributed by atoms with E-state index in [2.05, 4.69) is 19.2 Å². The number of carbonyl (C=O) groups is 1. The standard InChI is InChI=1S/C11H14N2O2.Y/c1-5-9-7(2)6-8(10(14)12-3)11(15)13(9)4;/h6H,1-2,5H2,3-4H3,(H,12,14);/q-2;. The van der Waals surface area contributed by atoms with E-state index in [0.29, 0.717) is 12.0 Å². The maximum Gasteiger partial charge on any atom is 0.244 e. The van der Waals surface area contributed by atoms with Gasteiger partial charge in [-0.2, -0.15) is 18.9 Å². The van der Waals surface area contributed by atoms with Crippen LogP contribution in [0.5, 0.6) is 0 Å². The largest absolute Gasteiger partial charge is 0.371 e. The quantitative estimate of drug-likeness (QED) is 0.798. The van der Waals surface area contributed by atoms with Gasteiger partial charge in [-0.15, -0.1) is 11.8 Å². The minimum atomic E-state index is -0.392. The average Bonchev–Trinajstić information content (AvgIpc) is 2.23. The Bertz CT molecular complexity index is 452. The Morgan fingerprint density at radius 3 is 2.56 bits per heavy atom. The molecule has 0 bridgehead atoms. The normalized spacial score (nSPS) is 9.44. The first-order valence-electron chi connectivity index (χ1n) is 4.59. The Morgan fingerprint density at radius 1 is 1.56 bits per heavy atom. The molecule has 0 saturated heterocycles. The Morgan fingerprint density at radius 2 is 2.12 bits per heavy atom. The number of aromatic nitrogens is 1. The number of nitrogens with one attached hydrogen (secondary N) is 1. The van der Waals surface area contributed by atoms with Gasteiger partial charge in [-0.25, -0.2) is 0 Å². The van der Waals surface area contributed by atoms with Crippen LogP contribution in [0.4, 0.5) is 0 Å². The fourth-order valence-electron chi connectivity index (χ4n) is 1.46. The van der Waals surface area contributed by atoms with Crippen LogP contribution < -0.4 is 10.9 Å². The van der Waals surface area contributed by atoms with E-state index in [1.165, 1.54) is 17.7 Å². The van der Waals surface area contributed by atoms with Crippen LogP contribution in [0, 0.1) is 13.8 Å². The Hall–Kier alpha value is -0.606. The summed E-state index contributed by atoms with van der Waals surface area (Å²) in [5.74, 6) is -0.392. The van der Waals surface area contributed by atoms with Gasteiger partial charge >= 0.3 is 0 Å². The van der Waals surface area contributed by atoms with Gasteiger partial charge in [0.2, 0.25) is 11.5 Å². The Kier molecular flexibility index (Phi) is 5.97. The van der Waals surface area contributed by atoms with Gasteiger partial charge in [0.1, 0.15) is 0 Å². The minimum Gasteiger partial charge on any atom is -0.371 e. The van der Waals surface area contributed by atoms with E-state index < -0.39 is 5.91 Å². The average molecular weight is 295 g/mol. The summed E-state index contributed by atoms with van der Waals surface area (Å²) in [4.78, 5) is 23.1. The third kappa shape index (κ3) is 2.74. The maximum atomic E-state index is 11.7. The monoisotopic (exact) mass is 295 g/mol. The summed E-state index contributed by atoms with van der Waals surface area (Å²) in [5.41, 5.74) is 1.20. The van der Waals surface area contributed by atoms with E-state index in [-0.39, 0.29) is 43.8 Å². The molecule has 0 spiro atoms. The molecule has 1 aromatic heterocycles. The fraction of sp³-hybridized carbons (Fsp3) is 0.273. The summed E-state index contributed by atoms with van der Waals surface area (Å²) in [6.45, 7) is 7.50. The molecule has 1 radical (unpaired) electrons. The Labute approximate surface area is 120 Å². The van der Waals surface area contributed by atoms with Gasteiger partial charge in [0.05, 0.1) is 0 Å². The zero-order chi connectivity index (χ0) is 11.6. The number of pyridine rings is 1. The van der Waals surface area contributed by atoms with Crippen LogP contribution in [-0.4, -0.2) is 17.5 Å². The number of carbonyl (C=O) groups excluding carboxylic acids is 1. The van der Waals surface area contributed by atoms with Gasteiger partial charge in [-0.1, -0.05) is 0 Å². The molecule has 1 N–H and O–H groups in total. The van der Waals surface area contributed by atoms with Gasteiger partial charge in [0.25, 0.3) is 0 Å². The van der Waals surface area contributed by atoms with Crippen molar-refractivity contribution in [1.29, 1.82) is 0 Å². The van der Waals surface area contributed by atoms with Crippen LogP contribution in [0.2, 0.25) is 0 Å². The summed E-state index contributed by atoms with van der Waals surface area (Å²) in [6, 6.07) is 1.50. The zero-order valence-electron chi connectivity index (χ0n) is 9.54. The van der Waals surface area contributed by atoms with Crippen LogP contribution >= 0.6 is 0 Å². The van der Waals surface area contributed by atoms with E-state index in [1.54, 1.807) is 7.05 Å². The van der Waals surface area contributed by atoms with E-state index in [9.17, 15) is 9.59 Å². The van der Waals surface area contributed by atoms with Crippen molar-refractivity contribution in [2.24, 2.45) is 7.05 Å². The van der Waals surface area contributed by atoms with Crippen LogP contribution in [-0.2, 0) is 46.2 Å². The molecule has 4 nitrogen and oxygen atoms in total. The molecular formula is C11H14N2O2Y-2. The van der Waals surface area contributed by atoms with Crippen molar-refractivity contribution in [2.45, 2.75) is 6.42 Å². The maximum absolute atomic E-state index is 11.7. The number of nitrogens with zero attached hydrogens (tertiary/aromatic N) is 1. The molecule has 0 aliphatic heterocycles. The van der Waals surface area contributed by atoms with Gasteiger partial charge < -0.3 is 16.8 Å². The third-order valence-electron chi connectivity index (χ3n) is 2.34. The van der Waals surface area contributed by atoms with Crippen LogP contribution in [0.1, 0.15) is 21.6 Å². The summed E-state index contributed by atoms with van der Waals surface area (Å²) in [6.07, 6.45) is 0.471. The van der Waals surface area contributed by atoms with Crippen molar-refractivity contribution in [3.63, 3.8) is 0 Å². The van der Waals surface area contributed by atoms with E-state index in [4.69, 9.17) is 0 Å². The van der Waals surface area contributed by atoms with Gasteiger partial charge in [-0.05, 0) is 0 Å². The predicted octanol–water partition coefficient (Wildman–Crippen LogP) is 0.301. The van der Waals surface area contributed by atoms with Crippen LogP contribution in [0.25, 0.3) is 0 Å². The number of hydrogen-bond donors (Lipinski definition) is 1. The molecule has 1 amide bonds. The van der Waals surface area contributed by atoms with Crippen molar-refractivity contribution in [3.05, 3.63) is 47.1 Å². The van der Waals surface area contributed by atoms with Gasteiger partial charge in [0, 0.05) is 52.4 Å². The predicted molar refractivity (Wildman–Crippen MR) is 58.6 cm³/mol. The number of hydrogen-bond acceptors (Lipinski definition) is 2. The van der Waals surface area contributed by atoms with E-state index in [0.717, 1.165) is 5.69 Å². The molecule has 1 rings (SSSR count). The van der Waals surface area contributed by atoms with Crippen molar-refractivity contribution >= 4 is 5.91 Å². The molecule has 1 aromatic rings. The second-order valence-corrected chi connectivity index (χ2v) is 3.22. The molecule has 0 atom stereocenters. The molecular weight excluding hydrogens is 281 g/mol. The number of amides is 1. The molecule has 1 heterocycles. The zero-order valence-corrected chi connectivity index (χ0v) is 12.4. The molecule has 5 heteroatoms.